The minimum Gasteiger partial charge on any atom is -0.351 e. The van der Waals surface area contributed by atoms with Crippen molar-refractivity contribution in [1.29, 1.82) is 0 Å². The van der Waals surface area contributed by atoms with Crippen LogP contribution in [-0.2, 0) is 11.2 Å². The van der Waals surface area contributed by atoms with Crippen LogP contribution in [0.5, 0.6) is 0 Å². The maximum atomic E-state index is 13.5. The molecule has 1 atom stereocenters. The molecular weight excluding hydrogens is 401 g/mol. The molecule has 32 heavy (non-hydrogen) atoms. The summed E-state index contributed by atoms with van der Waals surface area (Å²) in [6.07, 6.45) is 2.56. The summed E-state index contributed by atoms with van der Waals surface area (Å²) in [6, 6.07) is 20.3. The molecule has 1 aliphatic rings. The maximum absolute atomic E-state index is 13.5. The predicted octanol–water partition coefficient (Wildman–Crippen LogP) is 5.25. The summed E-state index contributed by atoms with van der Waals surface area (Å²) >= 11 is 0. The molecule has 5 heteroatoms. The number of halogens is 1. The molecule has 4 nitrogen and oxygen atoms in total. The van der Waals surface area contributed by atoms with E-state index in [0.717, 1.165) is 52.0 Å². The van der Waals surface area contributed by atoms with Crippen LogP contribution in [0.2, 0.25) is 0 Å². The van der Waals surface area contributed by atoms with Gasteiger partial charge in [-0.1, -0.05) is 42.5 Å². The highest BCUT2D eigenvalue weighted by atomic mass is 19.1. The second-order valence-electron chi connectivity index (χ2n) is 8.72. The molecule has 0 spiro atoms. The zero-order valence-electron chi connectivity index (χ0n) is 18.3. The van der Waals surface area contributed by atoms with E-state index in [-0.39, 0.29) is 17.8 Å². The SMILES string of the molecule is Cc1cc2nc(Cc3ccc(F)cc3)n(C(C(=O)NC3CC3)c3ccccc3)c2cc1C. The van der Waals surface area contributed by atoms with Crippen molar-refractivity contribution in [2.75, 3.05) is 0 Å². The van der Waals surface area contributed by atoms with Gasteiger partial charge in [-0.3, -0.25) is 4.79 Å². The smallest absolute Gasteiger partial charge is 0.247 e. The van der Waals surface area contributed by atoms with E-state index < -0.39 is 6.04 Å². The number of aromatic nitrogens is 2. The normalized spacial score (nSPS) is 14.5. The third-order valence-electron chi connectivity index (χ3n) is 6.20. The van der Waals surface area contributed by atoms with Gasteiger partial charge in [0.25, 0.3) is 0 Å². The van der Waals surface area contributed by atoms with Crippen LogP contribution in [0.4, 0.5) is 4.39 Å². The number of nitrogens with zero attached hydrogens (tertiary/aromatic N) is 2. The third kappa shape index (κ3) is 4.03. The summed E-state index contributed by atoms with van der Waals surface area (Å²) in [6.45, 7) is 4.15. The number of carbonyl (C=O) groups excluding carboxylic acids is 1. The Hall–Kier alpha value is -3.47. The van der Waals surface area contributed by atoms with Crippen molar-refractivity contribution in [1.82, 2.24) is 14.9 Å². The summed E-state index contributed by atoms with van der Waals surface area (Å²) in [5.74, 6) is 0.507. The summed E-state index contributed by atoms with van der Waals surface area (Å²) in [5.41, 5.74) is 5.99. The molecule has 3 aromatic carbocycles. The lowest BCUT2D eigenvalue weighted by molar-refractivity contribution is -0.123. The van der Waals surface area contributed by atoms with Crippen molar-refractivity contribution in [2.24, 2.45) is 0 Å². The maximum Gasteiger partial charge on any atom is 0.247 e. The summed E-state index contributed by atoms with van der Waals surface area (Å²) in [5, 5.41) is 3.19. The second kappa shape index (κ2) is 8.23. The van der Waals surface area contributed by atoms with E-state index >= 15 is 0 Å². The van der Waals surface area contributed by atoms with E-state index in [1.807, 2.05) is 30.3 Å². The number of benzene rings is 3. The number of carbonyl (C=O) groups is 1. The van der Waals surface area contributed by atoms with Gasteiger partial charge in [0.2, 0.25) is 5.91 Å². The van der Waals surface area contributed by atoms with Gasteiger partial charge in [0.05, 0.1) is 11.0 Å². The molecule has 1 aromatic heterocycles. The van der Waals surface area contributed by atoms with Crippen LogP contribution < -0.4 is 5.32 Å². The largest absolute Gasteiger partial charge is 0.351 e. The van der Waals surface area contributed by atoms with Crippen molar-refractivity contribution in [3.8, 4) is 0 Å². The number of rotatable bonds is 6. The number of hydrogen-bond acceptors (Lipinski definition) is 2. The molecule has 4 aromatic rings. The monoisotopic (exact) mass is 427 g/mol. The molecule has 0 radical (unpaired) electrons. The highest BCUT2D eigenvalue weighted by Crippen LogP contribution is 2.31. The molecule has 162 valence electrons. The van der Waals surface area contributed by atoms with E-state index in [2.05, 4.69) is 35.9 Å². The van der Waals surface area contributed by atoms with Gasteiger partial charge in [0.1, 0.15) is 17.7 Å². The Kier molecular flexibility index (Phi) is 5.25. The summed E-state index contributed by atoms with van der Waals surface area (Å²) in [7, 11) is 0. The van der Waals surface area contributed by atoms with Crippen LogP contribution >= 0.6 is 0 Å². The Balaban J connectivity index is 1.69. The van der Waals surface area contributed by atoms with Crippen LogP contribution in [0.1, 0.15) is 47.0 Å². The second-order valence-corrected chi connectivity index (χ2v) is 8.72. The molecular formula is C27H26FN3O. The van der Waals surface area contributed by atoms with Gasteiger partial charge in [0.15, 0.2) is 0 Å². The molecule has 1 saturated carbocycles. The van der Waals surface area contributed by atoms with Crippen LogP contribution in [0.15, 0.2) is 66.7 Å². The van der Waals surface area contributed by atoms with E-state index in [9.17, 15) is 9.18 Å². The van der Waals surface area contributed by atoms with Gasteiger partial charge < -0.3 is 9.88 Å². The molecule has 1 aliphatic carbocycles. The fourth-order valence-corrected chi connectivity index (χ4v) is 4.16. The van der Waals surface area contributed by atoms with Crippen LogP contribution in [0.3, 0.4) is 0 Å². The molecule has 5 rings (SSSR count). The zero-order valence-corrected chi connectivity index (χ0v) is 18.3. The van der Waals surface area contributed by atoms with E-state index in [1.165, 1.54) is 12.1 Å². The number of imidazole rings is 1. The number of fused-ring (bicyclic) bond motifs is 1. The van der Waals surface area contributed by atoms with Crippen LogP contribution in [-0.4, -0.2) is 21.5 Å². The molecule has 0 aliphatic heterocycles. The highest BCUT2D eigenvalue weighted by Gasteiger charge is 2.32. The molecule has 0 bridgehead atoms. The van der Waals surface area contributed by atoms with Crippen LogP contribution in [0, 0.1) is 19.7 Å². The first kappa shape index (κ1) is 20.4. The predicted molar refractivity (Wildman–Crippen MR) is 124 cm³/mol. The van der Waals surface area contributed by atoms with Crippen LogP contribution in [0.25, 0.3) is 11.0 Å². The zero-order chi connectivity index (χ0) is 22.2. The van der Waals surface area contributed by atoms with Crippen molar-refractivity contribution < 1.29 is 9.18 Å². The Morgan fingerprint density at radius 3 is 2.44 bits per heavy atom. The highest BCUT2D eigenvalue weighted by molar-refractivity contribution is 5.88. The van der Waals surface area contributed by atoms with Crippen molar-refractivity contribution >= 4 is 16.9 Å². The third-order valence-corrected chi connectivity index (χ3v) is 6.20. The lowest BCUT2D eigenvalue weighted by atomic mass is 10.0. The standard InChI is InChI=1S/C27H26FN3O/c1-17-14-23-24(15-18(17)2)31(25(30-23)16-19-8-10-21(28)11-9-19)26(20-6-4-3-5-7-20)27(32)29-22-12-13-22/h3-11,14-15,22,26H,12-13,16H2,1-2H3,(H,29,32). The topological polar surface area (TPSA) is 46.9 Å². The minimum atomic E-state index is -0.528. The number of nitrogens with one attached hydrogen (secondary N) is 1. The quantitative estimate of drug-likeness (QED) is 0.457. The molecule has 1 unspecified atom stereocenters. The van der Waals surface area contributed by atoms with Gasteiger partial charge in [-0.2, -0.15) is 0 Å². The number of amides is 1. The first-order valence-electron chi connectivity index (χ1n) is 11.1. The minimum absolute atomic E-state index is 0.0171. The van der Waals surface area contributed by atoms with E-state index in [4.69, 9.17) is 4.98 Å². The number of aryl methyl sites for hydroxylation is 2. The Morgan fingerprint density at radius 1 is 1.06 bits per heavy atom. The molecule has 1 N–H and O–H groups in total. The van der Waals surface area contributed by atoms with Gasteiger partial charge in [-0.25, -0.2) is 9.37 Å². The number of hydrogen-bond donors (Lipinski definition) is 1. The van der Waals surface area contributed by atoms with Crippen molar-refractivity contribution in [3.63, 3.8) is 0 Å². The van der Waals surface area contributed by atoms with Crippen molar-refractivity contribution in [3.05, 3.63) is 101 Å². The van der Waals surface area contributed by atoms with Gasteiger partial charge in [-0.05, 0) is 73.2 Å². The van der Waals surface area contributed by atoms with E-state index in [0.29, 0.717) is 6.42 Å². The van der Waals surface area contributed by atoms with Gasteiger partial charge in [0, 0.05) is 12.5 Å². The summed E-state index contributed by atoms with van der Waals surface area (Å²) in [4.78, 5) is 18.5. The molecule has 1 fully saturated rings. The average Bonchev–Trinajstić information content (AvgIpc) is 3.54. The Morgan fingerprint density at radius 2 is 1.75 bits per heavy atom. The lowest BCUT2D eigenvalue weighted by Crippen LogP contribution is -2.35. The first-order chi connectivity index (χ1) is 15.5. The van der Waals surface area contributed by atoms with Gasteiger partial charge >= 0.3 is 0 Å². The van der Waals surface area contributed by atoms with Gasteiger partial charge in [-0.15, -0.1) is 0 Å². The van der Waals surface area contributed by atoms with E-state index in [1.54, 1.807) is 12.1 Å². The van der Waals surface area contributed by atoms with Crippen molar-refractivity contribution in [2.45, 2.75) is 45.2 Å². The fraction of sp³-hybridized carbons (Fsp3) is 0.259. The Bertz CT molecular complexity index is 1270. The molecule has 1 heterocycles. The Labute approximate surface area is 187 Å². The molecule has 0 saturated heterocycles. The summed E-state index contributed by atoms with van der Waals surface area (Å²) < 4.78 is 15.5. The fourth-order valence-electron chi connectivity index (χ4n) is 4.16. The molecule has 1 amide bonds. The average molecular weight is 428 g/mol. The lowest BCUT2D eigenvalue weighted by Gasteiger charge is -2.22. The first-order valence-corrected chi connectivity index (χ1v) is 11.1.